The first-order chi connectivity index (χ1) is 13.7. The molecule has 0 spiro atoms. The number of carbonyl (C=O) groups excluding carboxylic acids is 1. The Hall–Kier alpha value is -2.18. The predicted octanol–water partition coefficient (Wildman–Crippen LogP) is 1.09. The van der Waals surface area contributed by atoms with Gasteiger partial charge in [0.15, 0.2) is 6.21 Å². The van der Waals surface area contributed by atoms with Gasteiger partial charge in [-0.25, -0.2) is 4.99 Å². The van der Waals surface area contributed by atoms with E-state index >= 15 is 0 Å². The molecule has 0 bridgehead atoms. The molecule has 1 aliphatic rings. The largest absolute Gasteiger partial charge is 1.00 e. The van der Waals surface area contributed by atoms with Crippen molar-refractivity contribution in [2.45, 2.75) is 19.8 Å². The highest BCUT2D eigenvalue weighted by molar-refractivity contribution is 9.12. The highest BCUT2D eigenvalue weighted by Crippen LogP contribution is 2.36. The van der Waals surface area contributed by atoms with Gasteiger partial charge < -0.3 is 27.0 Å². The molecule has 0 aromatic heterocycles. The number of hydrogen-bond acceptors (Lipinski definition) is 3. The molecule has 0 fully saturated rings. The molecule has 1 unspecified atom stereocenters. The van der Waals surface area contributed by atoms with E-state index in [2.05, 4.69) is 26.2 Å². The molecule has 0 radical (unpaired) electrons. The number of nitrogens with one attached hydrogen (secondary N) is 2. The molecule has 3 rings (SSSR count). The van der Waals surface area contributed by atoms with Gasteiger partial charge >= 0.3 is 5.97 Å². The lowest BCUT2D eigenvalue weighted by Gasteiger charge is -2.23. The van der Waals surface area contributed by atoms with Crippen LogP contribution in [0.25, 0.3) is 0 Å². The van der Waals surface area contributed by atoms with Crippen LogP contribution in [0.15, 0.2) is 82.5 Å². The molecule has 0 heterocycles. The molecule has 0 saturated heterocycles. The summed E-state index contributed by atoms with van der Waals surface area (Å²) in [6, 6.07) is 19.9. The van der Waals surface area contributed by atoms with Crippen LogP contribution in [0.1, 0.15) is 19.8 Å². The second-order valence-corrected chi connectivity index (χ2v) is 7.32. The number of para-hydroxylation sites is 2. The van der Waals surface area contributed by atoms with Crippen LogP contribution < -0.4 is 27.3 Å². The van der Waals surface area contributed by atoms with E-state index in [-0.39, 0.29) is 28.9 Å². The lowest BCUT2D eigenvalue weighted by atomic mass is 9.86. The molecule has 1 aliphatic carbocycles. The van der Waals surface area contributed by atoms with Gasteiger partial charge in [-0.05, 0) is 53.4 Å². The maximum Gasteiger partial charge on any atom is 0.309 e. The van der Waals surface area contributed by atoms with Gasteiger partial charge in [0.25, 0.3) is 0 Å². The summed E-state index contributed by atoms with van der Waals surface area (Å²) in [6.07, 6.45) is 5.17. The molecule has 29 heavy (non-hydrogen) atoms. The summed E-state index contributed by atoms with van der Waals surface area (Å²) in [4.78, 5) is 15.7. The van der Waals surface area contributed by atoms with Crippen LogP contribution in [0, 0.1) is 5.92 Å². The second kappa shape index (κ2) is 11.7. The number of allylic oxidation sites excluding steroid dienone is 3. The number of ether oxygens (including phenoxy) is 1. The van der Waals surface area contributed by atoms with Gasteiger partial charge in [-0.2, -0.15) is 0 Å². The van der Waals surface area contributed by atoms with Gasteiger partial charge in [-0.15, -0.1) is 0 Å². The van der Waals surface area contributed by atoms with E-state index in [9.17, 15) is 4.79 Å². The first-order valence-corrected chi connectivity index (χ1v) is 10.2. The second-order valence-electron chi connectivity index (χ2n) is 6.53. The van der Waals surface area contributed by atoms with Gasteiger partial charge in [0, 0.05) is 34.1 Å². The van der Waals surface area contributed by atoms with Crippen molar-refractivity contribution in [1.82, 2.24) is 0 Å². The summed E-state index contributed by atoms with van der Waals surface area (Å²) in [5.41, 5.74) is 4.08. The molecule has 152 valence electrons. The molecule has 2 N–H and O–H groups in total. The molecule has 1 atom stereocenters. The molecular formula is C23H24Br2N2O2. The average molecular weight is 520 g/mol. The minimum Gasteiger partial charge on any atom is -1.00 e. The summed E-state index contributed by atoms with van der Waals surface area (Å²) in [5.74, 6) is -0.354. The van der Waals surface area contributed by atoms with Gasteiger partial charge in [0.1, 0.15) is 0 Å². The Morgan fingerprint density at radius 2 is 1.79 bits per heavy atom. The Morgan fingerprint density at radius 1 is 1.14 bits per heavy atom. The van der Waals surface area contributed by atoms with Crippen LogP contribution in [0.5, 0.6) is 0 Å². The zero-order valence-corrected chi connectivity index (χ0v) is 19.4. The average Bonchev–Trinajstić information content (AvgIpc) is 2.73. The Morgan fingerprint density at radius 3 is 2.45 bits per heavy atom. The van der Waals surface area contributed by atoms with Gasteiger partial charge in [0.2, 0.25) is 5.69 Å². The first-order valence-electron chi connectivity index (χ1n) is 9.38. The van der Waals surface area contributed by atoms with Crippen LogP contribution >= 0.6 is 15.9 Å². The van der Waals surface area contributed by atoms with Crippen molar-refractivity contribution in [3.05, 3.63) is 82.5 Å². The quantitative estimate of drug-likeness (QED) is 0.444. The smallest absolute Gasteiger partial charge is 0.309 e. The van der Waals surface area contributed by atoms with Crippen molar-refractivity contribution in [3.8, 4) is 0 Å². The minimum atomic E-state index is -0.200. The topological polar surface area (TPSA) is 52.3 Å². The molecule has 4 nitrogen and oxygen atoms in total. The van der Waals surface area contributed by atoms with Crippen molar-refractivity contribution in [2.75, 3.05) is 11.9 Å². The third-order valence-electron chi connectivity index (χ3n) is 4.49. The highest BCUT2D eigenvalue weighted by atomic mass is 79.9. The summed E-state index contributed by atoms with van der Waals surface area (Å²) in [7, 11) is 0. The fourth-order valence-electron chi connectivity index (χ4n) is 3.07. The van der Waals surface area contributed by atoms with E-state index in [0.29, 0.717) is 19.4 Å². The van der Waals surface area contributed by atoms with Gasteiger partial charge in [0.05, 0.1) is 12.5 Å². The molecule has 0 saturated carbocycles. The Balaban J connectivity index is 0.00000300. The minimum absolute atomic E-state index is 0. The summed E-state index contributed by atoms with van der Waals surface area (Å²) in [6.45, 7) is 2.23. The number of carbonyl (C=O) groups is 1. The monoisotopic (exact) mass is 518 g/mol. The molecule has 0 aliphatic heterocycles. The highest BCUT2D eigenvalue weighted by Gasteiger charge is 2.30. The zero-order chi connectivity index (χ0) is 19.8. The zero-order valence-electron chi connectivity index (χ0n) is 16.2. The van der Waals surface area contributed by atoms with Crippen LogP contribution in [0.2, 0.25) is 0 Å². The fraction of sp³-hybridized carbons (Fsp3) is 0.217. The van der Waals surface area contributed by atoms with Crippen molar-refractivity contribution in [3.63, 3.8) is 0 Å². The number of esters is 1. The third-order valence-corrected chi connectivity index (χ3v) is 5.51. The Kier molecular flexibility index (Phi) is 9.35. The van der Waals surface area contributed by atoms with E-state index in [1.54, 1.807) is 0 Å². The molecule has 6 heteroatoms. The van der Waals surface area contributed by atoms with Crippen LogP contribution in [-0.2, 0) is 9.53 Å². The number of anilines is 1. The van der Waals surface area contributed by atoms with Crippen molar-refractivity contribution >= 4 is 39.5 Å². The molecule has 2 aromatic carbocycles. The van der Waals surface area contributed by atoms with E-state index in [4.69, 9.17) is 4.74 Å². The lowest BCUT2D eigenvalue weighted by Crippen LogP contribution is -3.00. The number of halogens is 2. The van der Waals surface area contributed by atoms with Crippen molar-refractivity contribution < 1.29 is 31.5 Å². The van der Waals surface area contributed by atoms with Crippen LogP contribution in [0.3, 0.4) is 0 Å². The van der Waals surface area contributed by atoms with E-state index < -0.39 is 0 Å². The normalized spacial score (nSPS) is 17.9. The lowest BCUT2D eigenvalue weighted by molar-refractivity contribution is -0.347. The Bertz CT molecular complexity index is 894. The predicted molar refractivity (Wildman–Crippen MR) is 117 cm³/mol. The maximum atomic E-state index is 12.4. The van der Waals surface area contributed by atoms with Gasteiger partial charge in [-0.1, -0.05) is 36.4 Å². The molecule has 2 aromatic rings. The van der Waals surface area contributed by atoms with Crippen molar-refractivity contribution in [1.29, 1.82) is 0 Å². The SMILES string of the molecule is CCOC(=O)C1CC(C=[NH+]c2ccccc2)=C(Br)/C(=C/Nc2ccccc2)C1.[Br-]. The summed E-state index contributed by atoms with van der Waals surface area (Å²) >= 11 is 3.73. The maximum absolute atomic E-state index is 12.4. The number of benzene rings is 2. The van der Waals surface area contributed by atoms with Crippen LogP contribution in [-0.4, -0.2) is 18.8 Å². The molecular weight excluding hydrogens is 496 g/mol. The molecule has 0 amide bonds. The first kappa shape index (κ1) is 23.1. The van der Waals surface area contributed by atoms with Gasteiger partial charge in [-0.3, -0.25) is 4.79 Å². The van der Waals surface area contributed by atoms with E-state index in [0.717, 1.165) is 27.0 Å². The van der Waals surface area contributed by atoms with E-state index in [1.165, 1.54) is 0 Å². The number of rotatable bonds is 6. The summed E-state index contributed by atoms with van der Waals surface area (Å²) in [5, 5.41) is 3.32. The Labute approximate surface area is 190 Å². The number of hydrogen-bond donors (Lipinski definition) is 2. The third kappa shape index (κ3) is 6.68. The summed E-state index contributed by atoms with van der Waals surface area (Å²) < 4.78 is 6.28. The van der Waals surface area contributed by atoms with E-state index in [1.807, 2.05) is 80.0 Å². The fourth-order valence-corrected chi connectivity index (χ4v) is 3.62. The standard InChI is InChI=1S/C23H23BrN2O2.BrH/c1-2-28-23(27)17-13-18(15-25-20-9-5-3-6-10-20)22(24)19(14-17)16-26-21-11-7-4-8-12-21;/h3-12,15-17,25H,2,13-14H2,1H3;1H/b18-15+,26-16?;. The van der Waals surface area contributed by atoms with Crippen LogP contribution in [0.4, 0.5) is 11.4 Å². The van der Waals surface area contributed by atoms with Crippen molar-refractivity contribution in [2.24, 2.45) is 5.92 Å².